The summed E-state index contributed by atoms with van der Waals surface area (Å²) in [5, 5.41) is 20.0. The Bertz CT molecular complexity index is 875. The van der Waals surface area contributed by atoms with Crippen LogP contribution in [-0.4, -0.2) is 44.2 Å². The molecule has 1 heterocycles. The lowest BCUT2D eigenvalue weighted by Gasteiger charge is -2.56. The number of carbonyl (C=O) groups excluding carboxylic acids is 2. The first-order chi connectivity index (χ1) is 14.6. The van der Waals surface area contributed by atoms with Crippen molar-refractivity contribution < 1.29 is 9.59 Å². The number of anilines is 1. The van der Waals surface area contributed by atoms with Crippen molar-refractivity contribution in [3.05, 3.63) is 30.6 Å². The second-order valence-electron chi connectivity index (χ2n) is 9.18. The zero-order chi connectivity index (χ0) is 20.6. The molecule has 9 heteroatoms. The molecule has 3 amide bonds. The molecular formula is C21H27N7O2. The summed E-state index contributed by atoms with van der Waals surface area (Å²) in [6.45, 7) is 0.312. The van der Waals surface area contributed by atoms with Crippen LogP contribution in [0.2, 0.25) is 0 Å². The summed E-state index contributed by atoms with van der Waals surface area (Å²) < 4.78 is 1.54. The quantitative estimate of drug-likeness (QED) is 0.677. The second-order valence-corrected chi connectivity index (χ2v) is 9.18. The van der Waals surface area contributed by atoms with Gasteiger partial charge in [-0.05, 0) is 91.0 Å². The number of carbonyl (C=O) groups is 2. The first-order valence-electron chi connectivity index (χ1n) is 10.8. The van der Waals surface area contributed by atoms with Crippen molar-refractivity contribution in [1.82, 2.24) is 30.8 Å². The van der Waals surface area contributed by atoms with E-state index in [-0.39, 0.29) is 23.9 Å². The number of nitrogens with zero attached hydrogens (tertiary/aromatic N) is 4. The predicted molar refractivity (Wildman–Crippen MR) is 110 cm³/mol. The minimum Gasteiger partial charge on any atom is -0.338 e. The molecule has 1 aromatic carbocycles. The van der Waals surface area contributed by atoms with Crippen LogP contribution in [0.3, 0.4) is 0 Å². The molecule has 0 spiro atoms. The number of hydrogen-bond acceptors (Lipinski definition) is 5. The Kier molecular flexibility index (Phi) is 4.88. The molecule has 4 saturated carbocycles. The molecule has 30 heavy (non-hydrogen) atoms. The van der Waals surface area contributed by atoms with Crippen molar-refractivity contribution in [3.8, 4) is 5.69 Å². The minimum absolute atomic E-state index is 0.0115. The van der Waals surface area contributed by atoms with Crippen LogP contribution < -0.4 is 16.0 Å². The molecule has 1 aromatic heterocycles. The maximum Gasteiger partial charge on any atom is 0.315 e. The SMILES string of the molecule is O=C(CCNC(=O)NC12CC3CC(CC(C3)C1)C2)Nc1ccc(-n2cnnn2)cc1. The molecule has 0 radical (unpaired) electrons. The van der Waals surface area contributed by atoms with E-state index in [0.29, 0.717) is 12.2 Å². The Balaban J connectivity index is 1.06. The van der Waals surface area contributed by atoms with Gasteiger partial charge in [-0.1, -0.05) is 0 Å². The average molecular weight is 409 g/mol. The molecule has 4 aliphatic rings. The van der Waals surface area contributed by atoms with Gasteiger partial charge in [0.15, 0.2) is 0 Å². The molecule has 0 aliphatic heterocycles. The highest BCUT2D eigenvalue weighted by molar-refractivity contribution is 5.91. The molecule has 2 aromatic rings. The lowest BCUT2D eigenvalue weighted by atomic mass is 9.53. The Morgan fingerprint density at radius 1 is 1.03 bits per heavy atom. The number of hydrogen-bond donors (Lipinski definition) is 3. The number of benzene rings is 1. The van der Waals surface area contributed by atoms with Gasteiger partial charge in [0.05, 0.1) is 5.69 Å². The van der Waals surface area contributed by atoms with Gasteiger partial charge >= 0.3 is 6.03 Å². The summed E-state index contributed by atoms with van der Waals surface area (Å²) >= 11 is 0. The fraction of sp³-hybridized carbons (Fsp3) is 0.571. The van der Waals surface area contributed by atoms with E-state index >= 15 is 0 Å². The molecular weight excluding hydrogens is 382 g/mol. The van der Waals surface area contributed by atoms with Crippen molar-refractivity contribution in [2.24, 2.45) is 17.8 Å². The van der Waals surface area contributed by atoms with Crippen LogP contribution in [0, 0.1) is 17.8 Å². The maximum absolute atomic E-state index is 12.4. The number of aromatic nitrogens is 4. The average Bonchev–Trinajstić information content (AvgIpc) is 3.22. The van der Waals surface area contributed by atoms with E-state index in [4.69, 9.17) is 0 Å². The van der Waals surface area contributed by atoms with Gasteiger partial charge in [0, 0.05) is 24.2 Å². The van der Waals surface area contributed by atoms with Crippen molar-refractivity contribution in [2.45, 2.75) is 50.5 Å². The van der Waals surface area contributed by atoms with Gasteiger partial charge in [0.1, 0.15) is 6.33 Å². The predicted octanol–water partition coefficient (Wildman–Crippen LogP) is 2.26. The molecule has 4 bridgehead atoms. The van der Waals surface area contributed by atoms with Gasteiger partial charge in [-0.15, -0.1) is 5.10 Å². The fourth-order valence-corrected chi connectivity index (χ4v) is 6.04. The van der Waals surface area contributed by atoms with E-state index in [2.05, 4.69) is 31.5 Å². The normalized spacial score (nSPS) is 28.9. The van der Waals surface area contributed by atoms with Gasteiger partial charge in [-0.2, -0.15) is 0 Å². The first-order valence-corrected chi connectivity index (χ1v) is 10.8. The number of urea groups is 1. The highest BCUT2D eigenvalue weighted by atomic mass is 16.2. The van der Waals surface area contributed by atoms with Crippen molar-refractivity contribution in [1.29, 1.82) is 0 Å². The molecule has 9 nitrogen and oxygen atoms in total. The van der Waals surface area contributed by atoms with Crippen LogP contribution >= 0.6 is 0 Å². The molecule has 0 unspecified atom stereocenters. The summed E-state index contributed by atoms with van der Waals surface area (Å²) in [6, 6.07) is 7.09. The van der Waals surface area contributed by atoms with Crippen LogP contribution in [0.15, 0.2) is 30.6 Å². The standard InChI is InChI=1S/C21H27N7O2/c29-19(24-17-1-3-18(4-2-17)28-13-23-26-27-28)5-6-22-20(30)25-21-10-14-7-15(11-21)9-16(8-14)12-21/h1-4,13-16H,5-12H2,(H,24,29)(H2,22,25,30). The second kappa shape index (κ2) is 7.70. The molecule has 3 N–H and O–H groups in total. The van der Waals surface area contributed by atoms with E-state index in [1.807, 2.05) is 12.1 Å². The van der Waals surface area contributed by atoms with Crippen molar-refractivity contribution >= 4 is 17.6 Å². The van der Waals surface area contributed by atoms with Gasteiger partial charge in [-0.3, -0.25) is 4.79 Å². The van der Waals surface area contributed by atoms with Crippen LogP contribution in [0.25, 0.3) is 5.69 Å². The topological polar surface area (TPSA) is 114 Å². The first kappa shape index (κ1) is 19.0. The molecule has 6 rings (SSSR count). The van der Waals surface area contributed by atoms with Gasteiger partial charge in [-0.25, -0.2) is 9.48 Å². The fourth-order valence-electron chi connectivity index (χ4n) is 6.04. The van der Waals surface area contributed by atoms with Gasteiger partial charge in [0.25, 0.3) is 0 Å². The van der Waals surface area contributed by atoms with Crippen molar-refractivity contribution in [3.63, 3.8) is 0 Å². The smallest absolute Gasteiger partial charge is 0.315 e. The third-order valence-corrected chi connectivity index (χ3v) is 6.82. The Morgan fingerprint density at radius 3 is 2.30 bits per heavy atom. The van der Waals surface area contributed by atoms with E-state index < -0.39 is 0 Å². The van der Waals surface area contributed by atoms with E-state index in [0.717, 1.165) is 42.7 Å². The van der Waals surface area contributed by atoms with Gasteiger partial charge in [0.2, 0.25) is 5.91 Å². The third kappa shape index (κ3) is 4.01. The Labute approximate surface area is 175 Å². The maximum atomic E-state index is 12.4. The lowest BCUT2D eigenvalue weighted by Crippen LogP contribution is -2.61. The van der Waals surface area contributed by atoms with Crippen LogP contribution in [0.5, 0.6) is 0 Å². The highest BCUT2D eigenvalue weighted by Gasteiger charge is 2.51. The number of tetrazole rings is 1. The molecule has 4 fully saturated rings. The van der Waals surface area contributed by atoms with Gasteiger partial charge < -0.3 is 16.0 Å². The van der Waals surface area contributed by atoms with E-state index in [9.17, 15) is 9.59 Å². The highest BCUT2D eigenvalue weighted by Crippen LogP contribution is 2.55. The summed E-state index contributed by atoms with van der Waals surface area (Å²) in [6.07, 6.45) is 9.13. The monoisotopic (exact) mass is 409 g/mol. The zero-order valence-corrected chi connectivity index (χ0v) is 16.9. The van der Waals surface area contributed by atoms with E-state index in [1.165, 1.54) is 30.3 Å². The zero-order valence-electron chi connectivity index (χ0n) is 16.9. The third-order valence-electron chi connectivity index (χ3n) is 6.82. The Morgan fingerprint density at radius 2 is 1.70 bits per heavy atom. The summed E-state index contributed by atoms with van der Waals surface area (Å²) in [7, 11) is 0. The van der Waals surface area contributed by atoms with Crippen LogP contribution in [0.1, 0.15) is 44.9 Å². The number of nitrogens with one attached hydrogen (secondary N) is 3. The molecule has 0 atom stereocenters. The lowest BCUT2D eigenvalue weighted by molar-refractivity contribution is -0.116. The van der Waals surface area contributed by atoms with E-state index in [1.54, 1.807) is 12.1 Å². The van der Waals surface area contributed by atoms with Crippen molar-refractivity contribution in [2.75, 3.05) is 11.9 Å². The summed E-state index contributed by atoms with van der Waals surface area (Å²) in [5.74, 6) is 2.22. The van der Waals surface area contributed by atoms with Crippen LogP contribution in [0.4, 0.5) is 10.5 Å². The largest absolute Gasteiger partial charge is 0.338 e. The number of amides is 3. The van der Waals surface area contributed by atoms with Crippen LogP contribution in [-0.2, 0) is 4.79 Å². The Hall–Kier alpha value is -2.97. The summed E-state index contributed by atoms with van der Waals surface area (Å²) in [5.41, 5.74) is 1.48. The molecule has 4 aliphatic carbocycles. The number of rotatable bonds is 6. The molecule has 158 valence electrons. The minimum atomic E-state index is -0.143. The summed E-state index contributed by atoms with van der Waals surface area (Å²) in [4.78, 5) is 24.6. The molecule has 0 saturated heterocycles.